The number of hydrogen-bond acceptors (Lipinski definition) is 5. The Hall–Kier alpha value is -2.32. The first-order valence-corrected chi connectivity index (χ1v) is 7.76. The maximum atomic E-state index is 13.2. The fraction of sp³-hybridized carbons (Fsp3) is 0.562. The summed E-state index contributed by atoms with van der Waals surface area (Å²) >= 11 is 0. The Balaban J connectivity index is 2.13. The zero-order chi connectivity index (χ0) is 18.8. The number of anilines is 1. The third kappa shape index (κ3) is 4.83. The van der Waals surface area contributed by atoms with E-state index in [9.17, 15) is 22.8 Å². The highest BCUT2D eigenvalue weighted by Gasteiger charge is 2.37. The second-order valence-electron chi connectivity index (χ2n) is 6.71. The van der Waals surface area contributed by atoms with E-state index in [1.807, 2.05) is 0 Å². The van der Waals surface area contributed by atoms with E-state index < -0.39 is 23.4 Å². The van der Waals surface area contributed by atoms with Crippen molar-refractivity contribution in [3.05, 3.63) is 23.4 Å². The lowest BCUT2D eigenvalue weighted by molar-refractivity contribution is -0.137. The zero-order valence-electron chi connectivity index (χ0n) is 14.3. The molecule has 1 aromatic rings. The molecule has 2 heterocycles. The molecule has 0 bridgehead atoms. The smallest absolute Gasteiger partial charge is 0.419 e. The van der Waals surface area contributed by atoms with Crippen LogP contribution in [0.25, 0.3) is 0 Å². The summed E-state index contributed by atoms with van der Waals surface area (Å²) in [5.41, 5.74) is -1.73. The summed E-state index contributed by atoms with van der Waals surface area (Å²) in [5.74, 6) is -0.234. The number of pyridine rings is 1. The molecular weight excluding hydrogens is 339 g/mol. The van der Waals surface area contributed by atoms with Crippen molar-refractivity contribution < 1.29 is 27.5 Å². The number of rotatable bonds is 2. The lowest BCUT2D eigenvalue weighted by Crippen LogP contribution is -2.50. The number of ether oxygens (including phenoxy) is 1. The summed E-state index contributed by atoms with van der Waals surface area (Å²) in [6.07, 6.45) is -3.68. The summed E-state index contributed by atoms with van der Waals surface area (Å²) in [5, 5.41) is 0. The first kappa shape index (κ1) is 19.0. The molecule has 0 unspecified atom stereocenters. The van der Waals surface area contributed by atoms with Gasteiger partial charge in [0, 0.05) is 37.9 Å². The largest absolute Gasteiger partial charge is 0.444 e. The van der Waals surface area contributed by atoms with Crippen LogP contribution in [0.1, 0.15) is 36.7 Å². The van der Waals surface area contributed by atoms with Crippen LogP contribution in [-0.4, -0.2) is 54.0 Å². The molecule has 138 valence electrons. The van der Waals surface area contributed by atoms with Crippen molar-refractivity contribution in [3.8, 4) is 0 Å². The molecule has 25 heavy (non-hydrogen) atoms. The van der Waals surface area contributed by atoms with Crippen molar-refractivity contribution in [1.82, 2.24) is 9.88 Å². The third-order valence-corrected chi connectivity index (χ3v) is 3.56. The van der Waals surface area contributed by atoms with Crippen molar-refractivity contribution in [2.45, 2.75) is 32.5 Å². The third-order valence-electron chi connectivity index (χ3n) is 3.56. The number of alkyl halides is 3. The van der Waals surface area contributed by atoms with E-state index in [4.69, 9.17) is 4.74 Å². The summed E-state index contributed by atoms with van der Waals surface area (Å²) in [6, 6.07) is 0.787. The molecule has 0 atom stereocenters. The number of piperazine rings is 1. The van der Waals surface area contributed by atoms with Crippen LogP contribution in [0, 0.1) is 0 Å². The number of nitrogens with zero attached hydrogens (tertiary/aromatic N) is 3. The van der Waals surface area contributed by atoms with Crippen molar-refractivity contribution in [2.24, 2.45) is 0 Å². The van der Waals surface area contributed by atoms with Crippen molar-refractivity contribution in [3.63, 3.8) is 0 Å². The van der Waals surface area contributed by atoms with Gasteiger partial charge >= 0.3 is 12.3 Å². The molecule has 2 rings (SSSR count). The Morgan fingerprint density at radius 1 is 1.20 bits per heavy atom. The average Bonchev–Trinajstić information content (AvgIpc) is 2.52. The highest BCUT2D eigenvalue weighted by Crippen LogP contribution is 2.36. The lowest BCUT2D eigenvalue weighted by Gasteiger charge is -2.37. The molecule has 0 N–H and O–H groups in total. The van der Waals surface area contributed by atoms with Gasteiger partial charge in [-0.2, -0.15) is 13.2 Å². The van der Waals surface area contributed by atoms with Crippen LogP contribution in [0.5, 0.6) is 0 Å². The van der Waals surface area contributed by atoms with Crippen LogP contribution < -0.4 is 4.90 Å². The Morgan fingerprint density at radius 3 is 2.28 bits per heavy atom. The topological polar surface area (TPSA) is 62.7 Å². The van der Waals surface area contributed by atoms with Gasteiger partial charge in [-0.1, -0.05) is 0 Å². The Morgan fingerprint density at radius 2 is 1.80 bits per heavy atom. The van der Waals surface area contributed by atoms with E-state index in [1.54, 1.807) is 20.8 Å². The molecule has 0 aromatic carbocycles. The number of hydrogen-bond donors (Lipinski definition) is 0. The number of halogens is 3. The first-order chi connectivity index (χ1) is 11.5. The molecule has 0 spiro atoms. The number of carbonyl (C=O) groups is 2. The van der Waals surface area contributed by atoms with Gasteiger partial charge in [-0.3, -0.25) is 4.79 Å². The normalized spacial score (nSPS) is 15.9. The molecule has 0 saturated carbocycles. The predicted molar refractivity (Wildman–Crippen MR) is 84.6 cm³/mol. The van der Waals surface area contributed by atoms with Crippen LogP contribution in [0.3, 0.4) is 0 Å². The molecule has 9 heteroatoms. The highest BCUT2D eigenvalue weighted by atomic mass is 19.4. The quantitative estimate of drug-likeness (QED) is 0.760. The SMILES string of the molecule is CC(C)(C)OC(=O)N1CCN(c2ncc(C=O)cc2C(F)(F)F)CC1. The number of carbonyl (C=O) groups excluding carboxylic acids is 2. The monoisotopic (exact) mass is 359 g/mol. The van der Waals surface area contributed by atoms with Gasteiger partial charge in [-0.25, -0.2) is 9.78 Å². The average molecular weight is 359 g/mol. The van der Waals surface area contributed by atoms with E-state index in [0.29, 0.717) is 6.29 Å². The molecule has 0 aliphatic carbocycles. The molecule has 1 saturated heterocycles. The van der Waals surface area contributed by atoms with Gasteiger partial charge in [0.1, 0.15) is 11.4 Å². The van der Waals surface area contributed by atoms with Gasteiger partial charge in [0.15, 0.2) is 6.29 Å². The number of aromatic nitrogens is 1. The molecule has 1 fully saturated rings. The fourth-order valence-corrected chi connectivity index (χ4v) is 2.43. The molecular formula is C16H20F3N3O3. The molecule has 0 radical (unpaired) electrons. The minimum atomic E-state index is -4.62. The summed E-state index contributed by atoms with van der Waals surface area (Å²) < 4.78 is 45.0. The summed E-state index contributed by atoms with van der Waals surface area (Å²) in [4.78, 5) is 29.5. The maximum absolute atomic E-state index is 13.2. The van der Waals surface area contributed by atoms with E-state index >= 15 is 0 Å². The Labute approximate surface area is 143 Å². The van der Waals surface area contributed by atoms with Gasteiger partial charge in [0.2, 0.25) is 0 Å². The minimum absolute atomic E-state index is 0.136. The standard InChI is InChI=1S/C16H20F3N3O3/c1-15(2,3)25-14(24)22-6-4-21(5-7-22)13-12(16(17,18)19)8-11(10-23)9-20-13/h8-10H,4-7H2,1-3H3. The Kier molecular flexibility index (Phi) is 5.24. The molecule has 1 amide bonds. The van der Waals surface area contributed by atoms with Crippen molar-refractivity contribution >= 4 is 18.2 Å². The summed E-state index contributed by atoms with van der Waals surface area (Å²) in [6.45, 7) is 6.07. The van der Waals surface area contributed by atoms with Gasteiger partial charge in [0.25, 0.3) is 0 Å². The Bertz CT molecular complexity index is 648. The van der Waals surface area contributed by atoms with Gasteiger partial charge in [-0.05, 0) is 26.8 Å². The van der Waals surface area contributed by atoms with Crippen LogP contribution in [0.15, 0.2) is 12.3 Å². The molecule has 1 aliphatic heterocycles. The second-order valence-corrected chi connectivity index (χ2v) is 6.71. The van der Waals surface area contributed by atoms with Gasteiger partial charge in [-0.15, -0.1) is 0 Å². The van der Waals surface area contributed by atoms with E-state index in [2.05, 4.69) is 4.98 Å². The molecule has 1 aliphatic rings. The van der Waals surface area contributed by atoms with Crippen LogP contribution in [0.4, 0.5) is 23.8 Å². The van der Waals surface area contributed by atoms with Crippen molar-refractivity contribution in [1.29, 1.82) is 0 Å². The maximum Gasteiger partial charge on any atom is 0.419 e. The van der Waals surface area contributed by atoms with Gasteiger partial charge in [0.05, 0.1) is 5.56 Å². The number of aldehydes is 1. The molecule has 1 aromatic heterocycles. The predicted octanol–water partition coefficient (Wildman–Crippen LogP) is 2.97. The minimum Gasteiger partial charge on any atom is -0.444 e. The van der Waals surface area contributed by atoms with E-state index in [1.165, 1.54) is 9.80 Å². The highest BCUT2D eigenvalue weighted by molar-refractivity contribution is 5.75. The van der Waals surface area contributed by atoms with Crippen LogP contribution in [0.2, 0.25) is 0 Å². The first-order valence-electron chi connectivity index (χ1n) is 7.76. The zero-order valence-corrected chi connectivity index (χ0v) is 14.3. The summed E-state index contributed by atoms with van der Waals surface area (Å²) in [7, 11) is 0. The van der Waals surface area contributed by atoms with Crippen LogP contribution in [-0.2, 0) is 10.9 Å². The molecule has 6 nitrogen and oxygen atoms in total. The van der Waals surface area contributed by atoms with E-state index in [-0.39, 0.29) is 37.6 Å². The van der Waals surface area contributed by atoms with Gasteiger partial charge < -0.3 is 14.5 Å². The van der Waals surface area contributed by atoms with E-state index in [0.717, 1.165) is 12.3 Å². The van der Waals surface area contributed by atoms with Crippen molar-refractivity contribution in [2.75, 3.05) is 31.1 Å². The number of amides is 1. The van der Waals surface area contributed by atoms with Crippen LogP contribution >= 0.6 is 0 Å². The lowest BCUT2D eigenvalue weighted by atomic mass is 10.1. The fourth-order valence-electron chi connectivity index (χ4n) is 2.43. The second kappa shape index (κ2) is 6.89.